The number of carbonyl (C=O) groups is 3. The van der Waals surface area contributed by atoms with Crippen LogP contribution in [0, 0.1) is 5.82 Å². The molecule has 0 fully saturated rings. The third-order valence-electron chi connectivity index (χ3n) is 4.35. The van der Waals surface area contributed by atoms with Gasteiger partial charge in [-0.15, -0.1) is 0 Å². The van der Waals surface area contributed by atoms with Crippen molar-refractivity contribution in [1.29, 1.82) is 0 Å². The summed E-state index contributed by atoms with van der Waals surface area (Å²) < 4.78 is 18.5. The van der Waals surface area contributed by atoms with E-state index in [0.717, 1.165) is 12.1 Å². The number of ether oxygens (including phenoxy) is 1. The summed E-state index contributed by atoms with van der Waals surface area (Å²) in [5, 5.41) is 11.7. The Bertz CT molecular complexity index is 884. The number of nitrogens with one attached hydrogen (secondary N) is 1. The lowest BCUT2D eigenvalue weighted by molar-refractivity contribution is -0.142. The fourth-order valence-corrected chi connectivity index (χ4v) is 2.96. The molecule has 2 amide bonds. The minimum atomic E-state index is -1.31. The van der Waals surface area contributed by atoms with Crippen LogP contribution < -0.4 is 15.0 Å². The van der Waals surface area contributed by atoms with Crippen LogP contribution in [0.2, 0.25) is 0 Å². The normalized spacial score (nSPS) is 13.8. The van der Waals surface area contributed by atoms with Gasteiger partial charge in [0.05, 0.1) is 12.2 Å². The van der Waals surface area contributed by atoms with Crippen LogP contribution in [-0.4, -0.2) is 36.0 Å². The molecule has 0 saturated heterocycles. The molecular formula is C20H19FN2O5. The molecule has 0 aliphatic carbocycles. The van der Waals surface area contributed by atoms with E-state index in [9.17, 15) is 23.9 Å². The average Bonchev–Trinajstić information content (AvgIpc) is 2.70. The summed E-state index contributed by atoms with van der Waals surface area (Å²) in [5.74, 6) is -2.00. The molecule has 7 nitrogen and oxygen atoms in total. The van der Waals surface area contributed by atoms with Crippen LogP contribution in [0.5, 0.6) is 5.75 Å². The lowest BCUT2D eigenvalue weighted by atomic mass is 10.1. The molecule has 0 radical (unpaired) electrons. The molecule has 0 bridgehead atoms. The van der Waals surface area contributed by atoms with Crippen LogP contribution in [-0.2, 0) is 14.4 Å². The van der Waals surface area contributed by atoms with Gasteiger partial charge in [0.2, 0.25) is 11.8 Å². The molecule has 0 saturated carbocycles. The molecule has 0 aromatic heterocycles. The third kappa shape index (κ3) is 4.46. The van der Waals surface area contributed by atoms with E-state index in [1.54, 1.807) is 23.1 Å². The predicted octanol–water partition coefficient (Wildman–Crippen LogP) is 2.27. The first-order valence-electron chi connectivity index (χ1n) is 8.75. The number of nitrogens with zero attached hydrogens (tertiary/aromatic N) is 1. The van der Waals surface area contributed by atoms with Crippen molar-refractivity contribution < 1.29 is 28.6 Å². The van der Waals surface area contributed by atoms with Gasteiger partial charge in [0.25, 0.3) is 0 Å². The molecule has 3 rings (SSSR count). The van der Waals surface area contributed by atoms with Gasteiger partial charge < -0.3 is 20.1 Å². The summed E-state index contributed by atoms with van der Waals surface area (Å²) in [6.45, 7) is 0.741. The van der Waals surface area contributed by atoms with Crippen molar-refractivity contribution in [3.8, 4) is 5.75 Å². The van der Waals surface area contributed by atoms with Crippen LogP contribution in [0.15, 0.2) is 48.5 Å². The van der Waals surface area contributed by atoms with Gasteiger partial charge in [-0.3, -0.25) is 9.59 Å². The molecule has 8 heteroatoms. The second-order valence-electron chi connectivity index (χ2n) is 6.25. The van der Waals surface area contributed by atoms with E-state index in [1.165, 1.54) is 12.1 Å². The van der Waals surface area contributed by atoms with Gasteiger partial charge in [0, 0.05) is 12.8 Å². The molecule has 1 aliphatic heterocycles. The second-order valence-corrected chi connectivity index (χ2v) is 6.25. The molecule has 1 unspecified atom stereocenters. The van der Waals surface area contributed by atoms with Gasteiger partial charge >= 0.3 is 5.97 Å². The predicted molar refractivity (Wildman–Crippen MR) is 98.4 cm³/mol. The monoisotopic (exact) mass is 386 g/mol. The van der Waals surface area contributed by atoms with Gasteiger partial charge in [0.15, 0.2) is 6.04 Å². The van der Waals surface area contributed by atoms with E-state index in [2.05, 4.69) is 5.32 Å². The first-order chi connectivity index (χ1) is 13.5. The summed E-state index contributed by atoms with van der Waals surface area (Å²) in [4.78, 5) is 37.7. The molecule has 0 spiro atoms. The highest BCUT2D eigenvalue weighted by Gasteiger charge is 2.25. The number of fused-ring (bicyclic) bond motifs is 1. The first-order valence-corrected chi connectivity index (χ1v) is 8.75. The zero-order valence-corrected chi connectivity index (χ0v) is 14.9. The van der Waals surface area contributed by atoms with E-state index in [4.69, 9.17) is 4.74 Å². The summed E-state index contributed by atoms with van der Waals surface area (Å²) in [6, 6.07) is 10.7. The van der Waals surface area contributed by atoms with Gasteiger partial charge in [-0.25, -0.2) is 9.18 Å². The minimum Gasteiger partial charge on any atom is -0.490 e. The second kappa shape index (κ2) is 8.51. The Kier molecular flexibility index (Phi) is 5.88. The Morgan fingerprint density at radius 1 is 1.11 bits per heavy atom. The molecule has 1 aliphatic rings. The van der Waals surface area contributed by atoms with Crippen molar-refractivity contribution in [2.75, 3.05) is 18.1 Å². The van der Waals surface area contributed by atoms with Crippen LogP contribution >= 0.6 is 0 Å². The fraction of sp³-hybridized carbons (Fsp3) is 0.250. The topological polar surface area (TPSA) is 95.9 Å². The highest BCUT2D eigenvalue weighted by molar-refractivity contribution is 5.97. The number of carboxylic acid groups (broad SMARTS) is 1. The Morgan fingerprint density at radius 2 is 1.82 bits per heavy atom. The molecule has 2 aromatic rings. The van der Waals surface area contributed by atoms with Crippen molar-refractivity contribution in [3.63, 3.8) is 0 Å². The number of anilines is 1. The van der Waals surface area contributed by atoms with Crippen molar-refractivity contribution in [2.45, 2.75) is 18.9 Å². The van der Waals surface area contributed by atoms with E-state index in [1.807, 2.05) is 6.07 Å². The molecule has 28 heavy (non-hydrogen) atoms. The van der Waals surface area contributed by atoms with Gasteiger partial charge in [-0.1, -0.05) is 24.3 Å². The lowest BCUT2D eigenvalue weighted by Crippen LogP contribution is -2.39. The van der Waals surface area contributed by atoms with Gasteiger partial charge in [-0.2, -0.15) is 0 Å². The van der Waals surface area contributed by atoms with Crippen LogP contribution in [0.25, 0.3) is 0 Å². The Balaban J connectivity index is 1.60. The average molecular weight is 386 g/mol. The number of para-hydroxylation sites is 2. The van der Waals surface area contributed by atoms with Crippen molar-refractivity contribution >= 4 is 23.5 Å². The van der Waals surface area contributed by atoms with Crippen LogP contribution in [0.3, 0.4) is 0 Å². The number of rotatable bonds is 6. The zero-order chi connectivity index (χ0) is 20.1. The van der Waals surface area contributed by atoms with Crippen molar-refractivity contribution in [2.24, 2.45) is 0 Å². The number of hydrogen-bond donors (Lipinski definition) is 2. The number of benzene rings is 2. The highest BCUT2D eigenvalue weighted by atomic mass is 19.1. The number of aliphatic carboxylic acids is 1. The van der Waals surface area contributed by atoms with E-state index < -0.39 is 23.7 Å². The summed E-state index contributed by atoms with van der Waals surface area (Å²) in [5.41, 5.74) is 0.893. The SMILES string of the molecule is O=C(CCC(=O)N1CCOc2ccccc21)NC(C(=O)O)c1ccc(F)cc1. The minimum absolute atomic E-state index is 0.0735. The maximum Gasteiger partial charge on any atom is 0.330 e. The molecule has 2 N–H and O–H groups in total. The molecule has 2 aromatic carbocycles. The first kappa shape index (κ1) is 19.3. The molecule has 146 valence electrons. The van der Waals surface area contributed by atoms with Crippen molar-refractivity contribution in [3.05, 3.63) is 59.9 Å². The quantitative estimate of drug-likeness (QED) is 0.794. The maximum absolute atomic E-state index is 13.0. The number of carboxylic acids is 1. The van der Waals surface area contributed by atoms with Gasteiger partial charge in [0.1, 0.15) is 18.2 Å². The summed E-state index contributed by atoms with van der Waals surface area (Å²) >= 11 is 0. The standard InChI is InChI=1S/C20H19FN2O5/c21-14-7-5-13(6-8-14)19(20(26)27)22-17(24)9-10-18(25)23-11-12-28-16-4-2-1-3-15(16)23/h1-8,19H,9-12H2,(H,22,24)(H,26,27). The van der Waals surface area contributed by atoms with E-state index in [-0.39, 0.29) is 24.3 Å². The number of amides is 2. The van der Waals surface area contributed by atoms with E-state index in [0.29, 0.717) is 24.6 Å². The maximum atomic E-state index is 13.0. The molecular weight excluding hydrogens is 367 g/mol. The largest absolute Gasteiger partial charge is 0.490 e. The lowest BCUT2D eigenvalue weighted by Gasteiger charge is -2.29. The van der Waals surface area contributed by atoms with Crippen LogP contribution in [0.4, 0.5) is 10.1 Å². The summed E-state index contributed by atoms with van der Waals surface area (Å²) in [7, 11) is 0. The Hall–Kier alpha value is -3.42. The van der Waals surface area contributed by atoms with Crippen LogP contribution in [0.1, 0.15) is 24.4 Å². The third-order valence-corrected chi connectivity index (χ3v) is 4.35. The highest BCUT2D eigenvalue weighted by Crippen LogP contribution is 2.31. The molecule has 1 heterocycles. The summed E-state index contributed by atoms with van der Waals surface area (Å²) in [6.07, 6.45) is -0.237. The van der Waals surface area contributed by atoms with E-state index >= 15 is 0 Å². The Morgan fingerprint density at radius 3 is 2.54 bits per heavy atom. The number of halogens is 1. The zero-order valence-electron chi connectivity index (χ0n) is 14.9. The van der Waals surface area contributed by atoms with Gasteiger partial charge in [-0.05, 0) is 29.8 Å². The fourth-order valence-electron chi connectivity index (χ4n) is 2.96. The van der Waals surface area contributed by atoms with Crippen molar-refractivity contribution in [1.82, 2.24) is 5.32 Å². The smallest absolute Gasteiger partial charge is 0.330 e. The number of carbonyl (C=O) groups excluding carboxylic acids is 2. The Labute approximate surface area is 160 Å². The molecule has 1 atom stereocenters. The number of hydrogen-bond acceptors (Lipinski definition) is 4.